The van der Waals surface area contributed by atoms with Crippen molar-refractivity contribution >= 4 is 16.8 Å². The Balaban J connectivity index is 1.18. The average Bonchev–Trinajstić information content (AvgIpc) is 3.28. The summed E-state index contributed by atoms with van der Waals surface area (Å²) in [5, 5.41) is 1.24. The summed E-state index contributed by atoms with van der Waals surface area (Å²) in [5.74, 6) is 0.929. The number of ether oxygens (including phenoxy) is 1. The van der Waals surface area contributed by atoms with Crippen molar-refractivity contribution in [2.75, 3.05) is 39.9 Å². The van der Waals surface area contributed by atoms with E-state index < -0.39 is 0 Å². The molecule has 1 aromatic heterocycles. The number of amides is 1. The van der Waals surface area contributed by atoms with Crippen LogP contribution in [0.25, 0.3) is 10.9 Å². The molecule has 1 unspecified atom stereocenters. The van der Waals surface area contributed by atoms with Gasteiger partial charge in [0.1, 0.15) is 0 Å². The number of fused-ring (bicyclic) bond motifs is 1. The Bertz CT molecular complexity index is 879. The van der Waals surface area contributed by atoms with Crippen LogP contribution in [0.3, 0.4) is 0 Å². The van der Waals surface area contributed by atoms with Gasteiger partial charge in [0.2, 0.25) is 5.91 Å². The van der Waals surface area contributed by atoms with E-state index in [1.807, 2.05) is 13.2 Å². The minimum Gasteiger partial charge on any atom is -0.384 e. The number of nitrogens with zero attached hydrogens (tertiary/aromatic N) is 2. The van der Waals surface area contributed by atoms with E-state index in [4.69, 9.17) is 4.74 Å². The smallest absolute Gasteiger partial charge is 0.222 e. The zero-order valence-corrected chi connectivity index (χ0v) is 18.2. The van der Waals surface area contributed by atoms with Crippen LogP contribution < -0.4 is 0 Å². The molecule has 2 aliphatic heterocycles. The fraction of sp³-hybridized carbons (Fsp3) is 0.640. The van der Waals surface area contributed by atoms with E-state index in [1.54, 1.807) is 0 Å². The predicted octanol–water partition coefficient (Wildman–Crippen LogP) is 3.84. The minimum absolute atomic E-state index is 0.312. The second-order valence-corrected chi connectivity index (χ2v) is 9.77. The summed E-state index contributed by atoms with van der Waals surface area (Å²) in [6, 6.07) is 9.15. The first-order chi connectivity index (χ1) is 14.7. The highest BCUT2D eigenvalue weighted by Crippen LogP contribution is 2.47. The topological polar surface area (TPSA) is 48.6 Å². The van der Waals surface area contributed by atoms with Crippen molar-refractivity contribution in [1.82, 2.24) is 14.8 Å². The fourth-order valence-corrected chi connectivity index (χ4v) is 6.04. The summed E-state index contributed by atoms with van der Waals surface area (Å²) in [6.45, 7) is 5.07. The molecular weight excluding hydrogens is 374 g/mol. The number of aromatic amines is 1. The van der Waals surface area contributed by atoms with E-state index in [-0.39, 0.29) is 0 Å². The van der Waals surface area contributed by atoms with Gasteiger partial charge < -0.3 is 14.6 Å². The Labute approximate surface area is 179 Å². The van der Waals surface area contributed by atoms with E-state index in [1.165, 1.54) is 43.3 Å². The maximum absolute atomic E-state index is 12.9. The number of hydrogen-bond acceptors (Lipinski definition) is 3. The normalized spacial score (nSPS) is 24.6. The molecule has 1 aromatic carbocycles. The molecule has 1 aliphatic carbocycles. The molecule has 0 bridgehead atoms. The average molecular weight is 410 g/mol. The van der Waals surface area contributed by atoms with Crippen LogP contribution in [0.1, 0.15) is 44.1 Å². The summed E-state index contributed by atoms with van der Waals surface area (Å²) in [7, 11) is 1.84. The van der Waals surface area contributed by atoms with Gasteiger partial charge in [-0.25, -0.2) is 0 Å². The number of methoxy groups -OCH3 is 1. The first-order valence-corrected chi connectivity index (χ1v) is 11.7. The van der Waals surface area contributed by atoms with Gasteiger partial charge in [-0.15, -0.1) is 0 Å². The second kappa shape index (κ2) is 8.35. The number of likely N-dealkylation sites (tertiary alicyclic amines) is 2. The second-order valence-electron chi connectivity index (χ2n) is 9.77. The van der Waals surface area contributed by atoms with Crippen LogP contribution in [-0.2, 0) is 16.0 Å². The molecule has 1 amide bonds. The van der Waals surface area contributed by atoms with Crippen molar-refractivity contribution in [2.24, 2.45) is 11.3 Å². The molecule has 1 N–H and O–H groups in total. The van der Waals surface area contributed by atoms with Gasteiger partial charge in [0.05, 0.1) is 6.61 Å². The Kier molecular flexibility index (Phi) is 5.59. The number of H-pyrrole nitrogens is 1. The summed E-state index contributed by atoms with van der Waals surface area (Å²) in [5.41, 5.74) is 2.75. The molecule has 1 atom stereocenters. The summed E-state index contributed by atoms with van der Waals surface area (Å²) in [4.78, 5) is 21.1. The lowest BCUT2D eigenvalue weighted by Crippen LogP contribution is -2.47. The molecule has 0 radical (unpaired) electrons. The molecule has 3 aliphatic rings. The summed E-state index contributed by atoms with van der Waals surface area (Å²) < 4.78 is 5.61. The molecule has 162 valence electrons. The van der Waals surface area contributed by atoms with Crippen LogP contribution in [0.15, 0.2) is 30.5 Å². The van der Waals surface area contributed by atoms with Crippen LogP contribution in [-0.4, -0.2) is 66.6 Å². The van der Waals surface area contributed by atoms with Crippen molar-refractivity contribution in [1.29, 1.82) is 0 Å². The Morgan fingerprint density at radius 2 is 2.03 bits per heavy atom. The first-order valence-electron chi connectivity index (χ1n) is 11.7. The maximum atomic E-state index is 12.9. The molecule has 2 aromatic rings. The number of carbonyl (C=O) groups excluding carboxylic acids is 1. The monoisotopic (exact) mass is 409 g/mol. The number of hydrogen-bond donors (Lipinski definition) is 1. The van der Waals surface area contributed by atoms with Crippen molar-refractivity contribution in [3.63, 3.8) is 0 Å². The molecule has 1 saturated carbocycles. The van der Waals surface area contributed by atoms with E-state index in [0.29, 0.717) is 23.7 Å². The van der Waals surface area contributed by atoms with Crippen molar-refractivity contribution in [3.8, 4) is 0 Å². The van der Waals surface area contributed by atoms with Crippen molar-refractivity contribution in [3.05, 3.63) is 36.0 Å². The number of para-hydroxylation sites is 1. The molecule has 1 spiro atoms. The molecular formula is C25H35N3O2. The molecule has 5 rings (SSSR count). The highest BCUT2D eigenvalue weighted by molar-refractivity contribution is 5.84. The highest BCUT2D eigenvalue weighted by atomic mass is 16.5. The van der Waals surface area contributed by atoms with E-state index in [0.717, 1.165) is 50.5 Å². The van der Waals surface area contributed by atoms with Gasteiger partial charge in [-0.3, -0.25) is 9.69 Å². The third-order valence-electron chi connectivity index (χ3n) is 8.19. The summed E-state index contributed by atoms with van der Waals surface area (Å²) >= 11 is 0. The quantitative estimate of drug-likeness (QED) is 0.789. The van der Waals surface area contributed by atoms with E-state index in [9.17, 15) is 4.79 Å². The largest absolute Gasteiger partial charge is 0.384 e. The highest BCUT2D eigenvalue weighted by Gasteiger charge is 2.50. The molecule has 30 heavy (non-hydrogen) atoms. The molecule has 5 nitrogen and oxygen atoms in total. The van der Waals surface area contributed by atoms with Gasteiger partial charge in [-0.1, -0.05) is 24.6 Å². The van der Waals surface area contributed by atoms with Crippen molar-refractivity contribution < 1.29 is 9.53 Å². The lowest BCUT2D eigenvalue weighted by molar-refractivity contribution is -0.134. The molecule has 2 saturated heterocycles. The van der Waals surface area contributed by atoms with E-state index >= 15 is 0 Å². The molecule has 3 heterocycles. The third kappa shape index (κ3) is 3.67. The van der Waals surface area contributed by atoms with Crippen LogP contribution in [0.2, 0.25) is 0 Å². The van der Waals surface area contributed by atoms with Crippen LogP contribution in [0.4, 0.5) is 0 Å². The SMILES string of the molecule is COCC1CN(C2CCC2)CC12CCN(C(=O)CCc1c[nH]c3ccccc13)CC2. The van der Waals surface area contributed by atoms with Gasteiger partial charge in [0.25, 0.3) is 0 Å². The van der Waals surface area contributed by atoms with Gasteiger partial charge in [0.15, 0.2) is 0 Å². The van der Waals surface area contributed by atoms with E-state index in [2.05, 4.69) is 39.2 Å². The molecule has 5 heteroatoms. The maximum Gasteiger partial charge on any atom is 0.222 e. The lowest BCUT2D eigenvalue weighted by atomic mass is 9.71. The number of aryl methyl sites for hydroxylation is 1. The summed E-state index contributed by atoms with van der Waals surface area (Å²) in [6.07, 6.45) is 9.86. The zero-order valence-electron chi connectivity index (χ0n) is 18.2. The van der Waals surface area contributed by atoms with Crippen LogP contribution in [0, 0.1) is 11.3 Å². The van der Waals surface area contributed by atoms with Crippen molar-refractivity contribution in [2.45, 2.75) is 51.0 Å². The Hall–Kier alpha value is -1.85. The first kappa shape index (κ1) is 20.1. The standard InChI is InChI=1S/C25H35N3O2/c1-30-17-20-16-28(21-5-4-6-21)18-25(20)11-13-27(14-12-25)24(29)10-9-19-15-26-23-8-3-2-7-22(19)23/h2-3,7-8,15,20-21,26H,4-6,9-14,16-18H2,1H3. The zero-order chi connectivity index (χ0) is 20.6. The van der Waals surface area contributed by atoms with Crippen LogP contribution in [0.5, 0.6) is 0 Å². The van der Waals surface area contributed by atoms with Gasteiger partial charge in [-0.05, 0) is 49.1 Å². The number of nitrogens with one attached hydrogen (secondary N) is 1. The Morgan fingerprint density at radius 3 is 2.77 bits per heavy atom. The third-order valence-corrected chi connectivity index (χ3v) is 8.19. The van der Waals surface area contributed by atoms with Gasteiger partial charge in [-0.2, -0.15) is 0 Å². The number of piperidine rings is 1. The van der Waals surface area contributed by atoms with Crippen LogP contribution >= 0.6 is 0 Å². The minimum atomic E-state index is 0.312. The number of carbonyl (C=O) groups is 1. The molecule has 3 fully saturated rings. The lowest BCUT2D eigenvalue weighted by Gasteiger charge is -2.43. The fourth-order valence-electron chi connectivity index (χ4n) is 6.04. The Morgan fingerprint density at radius 1 is 1.23 bits per heavy atom. The number of aromatic nitrogens is 1. The van der Waals surface area contributed by atoms with Gasteiger partial charge >= 0.3 is 0 Å². The van der Waals surface area contributed by atoms with Gasteiger partial charge in [0, 0.05) is 68.8 Å². The number of benzene rings is 1. The predicted molar refractivity (Wildman–Crippen MR) is 119 cm³/mol. The number of rotatable bonds is 6.